The molecule has 31 heavy (non-hydrogen) atoms. The molecular formula is C23H18N4O3S. The van der Waals surface area contributed by atoms with Gasteiger partial charge in [-0.1, -0.05) is 65.9 Å². The van der Waals surface area contributed by atoms with E-state index in [-0.39, 0.29) is 17.6 Å². The van der Waals surface area contributed by atoms with Gasteiger partial charge in [0.05, 0.1) is 6.26 Å². The number of amides is 2. The van der Waals surface area contributed by atoms with Crippen LogP contribution >= 0.6 is 11.3 Å². The van der Waals surface area contributed by atoms with Crippen LogP contribution in [0, 0.1) is 0 Å². The van der Waals surface area contributed by atoms with Crippen molar-refractivity contribution in [1.82, 2.24) is 15.1 Å². The van der Waals surface area contributed by atoms with E-state index in [0.29, 0.717) is 23.1 Å². The van der Waals surface area contributed by atoms with Crippen molar-refractivity contribution in [3.63, 3.8) is 0 Å². The molecule has 0 saturated heterocycles. The van der Waals surface area contributed by atoms with Crippen LogP contribution in [-0.2, 0) is 17.8 Å². The fourth-order valence-corrected chi connectivity index (χ4v) is 4.42. The highest BCUT2D eigenvalue weighted by atomic mass is 32.1. The number of nitrogens with one attached hydrogen (secondary N) is 1. The summed E-state index contributed by atoms with van der Waals surface area (Å²) in [6.07, 6.45) is 1.87. The number of nitrogens with zero attached hydrogens (tertiary/aromatic N) is 3. The number of hydrogen-bond donors (Lipinski definition) is 1. The fraction of sp³-hybridized carbons (Fsp3) is 0.130. The number of fused-ring (bicyclic) bond motifs is 1. The van der Waals surface area contributed by atoms with Gasteiger partial charge in [0.25, 0.3) is 5.91 Å². The number of carbonyl (C=O) groups excluding carboxylic acids is 2. The molecule has 0 aliphatic carbocycles. The predicted octanol–water partition coefficient (Wildman–Crippen LogP) is 4.00. The molecule has 2 aromatic heterocycles. The van der Waals surface area contributed by atoms with Crippen LogP contribution in [0.5, 0.6) is 0 Å². The minimum absolute atomic E-state index is 0.208. The third kappa shape index (κ3) is 3.85. The minimum Gasteiger partial charge on any atom is -0.459 e. The quantitative estimate of drug-likeness (QED) is 0.529. The van der Waals surface area contributed by atoms with Crippen molar-refractivity contribution in [2.75, 3.05) is 5.32 Å². The monoisotopic (exact) mass is 430 g/mol. The summed E-state index contributed by atoms with van der Waals surface area (Å²) in [5.74, 6) is -0.411. The second kappa shape index (κ2) is 8.16. The summed E-state index contributed by atoms with van der Waals surface area (Å²) in [6, 6.07) is 20.1. The highest BCUT2D eigenvalue weighted by Crippen LogP contribution is 2.29. The van der Waals surface area contributed by atoms with Gasteiger partial charge in [-0.25, -0.2) is 0 Å². The maximum absolute atomic E-state index is 13.2. The molecule has 2 aromatic carbocycles. The molecule has 154 valence electrons. The van der Waals surface area contributed by atoms with E-state index >= 15 is 0 Å². The number of aromatic nitrogens is 2. The lowest BCUT2D eigenvalue weighted by Crippen LogP contribution is -2.50. The zero-order chi connectivity index (χ0) is 21.2. The van der Waals surface area contributed by atoms with Gasteiger partial charge in [0.15, 0.2) is 5.76 Å². The first kappa shape index (κ1) is 19.2. The van der Waals surface area contributed by atoms with Crippen molar-refractivity contribution < 1.29 is 14.0 Å². The molecule has 1 atom stereocenters. The van der Waals surface area contributed by atoms with Crippen molar-refractivity contribution >= 4 is 28.3 Å². The number of rotatable bonds is 4. The van der Waals surface area contributed by atoms with E-state index in [0.717, 1.165) is 16.7 Å². The smallest absolute Gasteiger partial charge is 0.290 e. The average Bonchev–Trinajstić information content (AvgIpc) is 3.51. The van der Waals surface area contributed by atoms with Gasteiger partial charge >= 0.3 is 0 Å². The van der Waals surface area contributed by atoms with Crippen LogP contribution in [0.25, 0.3) is 10.6 Å². The lowest BCUT2D eigenvalue weighted by Gasteiger charge is -2.35. The van der Waals surface area contributed by atoms with Crippen molar-refractivity contribution in [1.29, 1.82) is 0 Å². The predicted molar refractivity (Wildman–Crippen MR) is 116 cm³/mol. The average molecular weight is 430 g/mol. The van der Waals surface area contributed by atoms with Gasteiger partial charge in [-0.15, -0.1) is 10.2 Å². The van der Waals surface area contributed by atoms with Gasteiger partial charge in [0.1, 0.15) is 11.0 Å². The van der Waals surface area contributed by atoms with Crippen molar-refractivity contribution in [3.8, 4) is 10.6 Å². The van der Waals surface area contributed by atoms with Gasteiger partial charge in [-0.05, 0) is 23.3 Å². The molecule has 1 N–H and O–H groups in total. The van der Waals surface area contributed by atoms with Crippen molar-refractivity contribution in [2.24, 2.45) is 0 Å². The molecular weight excluding hydrogens is 412 g/mol. The highest BCUT2D eigenvalue weighted by molar-refractivity contribution is 7.18. The maximum atomic E-state index is 13.2. The summed E-state index contributed by atoms with van der Waals surface area (Å²) >= 11 is 1.30. The molecule has 2 amide bonds. The molecule has 4 aromatic rings. The van der Waals surface area contributed by atoms with E-state index in [4.69, 9.17) is 4.42 Å². The Morgan fingerprint density at radius 1 is 0.968 bits per heavy atom. The fourth-order valence-electron chi connectivity index (χ4n) is 3.67. The standard InChI is InChI=1S/C23H18N4O3S/c28-20(24-23-26-25-21(31-23)15-7-2-1-3-8-15)18-13-16-9-4-5-10-17(16)14-27(18)22(29)19-11-6-12-30-19/h1-12,18H,13-14H2,(H,24,26,28). The number of benzene rings is 2. The van der Waals surface area contributed by atoms with E-state index in [1.807, 2.05) is 54.6 Å². The Kier molecular flexibility index (Phi) is 5.05. The molecule has 0 spiro atoms. The Morgan fingerprint density at radius 2 is 1.74 bits per heavy atom. The van der Waals surface area contributed by atoms with Gasteiger partial charge < -0.3 is 9.32 Å². The Labute approximate surface area is 182 Å². The number of hydrogen-bond acceptors (Lipinski definition) is 6. The highest BCUT2D eigenvalue weighted by Gasteiger charge is 2.36. The van der Waals surface area contributed by atoms with Gasteiger partial charge in [-0.2, -0.15) is 0 Å². The zero-order valence-electron chi connectivity index (χ0n) is 16.4. The normalized spacial score (nSPS) is 15.4. The Bertz CT molecular complexity index is 1220. The molecule has 1 aliphatic heterocycles. The first-order chi connectivity index (χ1) is 15.2. The van der Waals surface area contributed by atoms with Crippen LogP contribution < -0.4 is 5.32 Å². The van der Waals surface area contributed by atoms with Gasteiger partial charge in [0, 0.05) is 18.5 Å². The molecule has 8 heteroatoms. The van der Waals surface area contributed by atoms with E-state index < -0.39 is 6.04 Å². The largest absolute Gasteiger partial charge is 0.459 e. The lowest BCUT2D eigenvalue weighted by atomic mass is 9.93. The second-order valence-corrected chi connectivity index (χ2v) is 8.14. The van der Waals surface area contributed by atoms with Gasteiger partial charge in [-0.3, -0.25) is 14.9 Å². The Balaban J connectivity index is 1.40. The van der Waals surface area contributed by atoms with Crippen LogP contribution in [0.4, 0.5) is 5.13 Å². The third-order valence-electron chi connectivity index (χ3n) is 5.22. The molecule has 5 rings (SSSR count). The van der Waals surface area contributed by atoms with Crippen LogP contribution in [0.2, 0.25) is 0 Å². The third-order valence-corrected chi connectivity index (χ3v) is 6.11. The lowest BCUT2D eigenvalue weighted by molar-refractivity contribution is -0.121. The summed E-state index contributed by atoms with van der Waals surface area (Å²) in [7, 11) is 0. The summed E-state index contributed by atoms with van der Waals surface area (Å²) in [6.45, 7) is 0.333. The molecule has 7 nitrogen and oxygen atoms in total. The summed E-state index contributed by atoms with van der Waals surface area (Å²) < 4.78 is 5.29. The molecule has 1 unspecified atom stereocenters. The van der Waals surface area contributed by atoms with E-state index in [1.165, 1.54) is 17.6 Å². The van der Waals surface area contributed by atoms with Crippen LogP contribution in [0.1, 0.15) is 21.7 Å². The van der Waals surface area contributed by atoms with E-state index in [1.54, 1.807) is 17.0 Å². The Hall–Kier alpha value is -3.78. The van der Waals surface area contributed by atoms with Crippen LogP contribution in [-0.4, -0.2) is 33.0 Å². The van der Waals surface area contributed by atoms with Crippen LogP contribution in [0.15, 0.2) is 77.4 Å². The van der Waals surface area contributed by atoms with E-state index in [2.05, 4.69) is 15.5 Å². The van der Waals surface area contributed by atoms with Crippen molar-refractivity contribution in [2.45, 2.75) is 19.0 Å². The molecule has 0 radical (unpaired) electrons. The second-order valence-electron chi connectivity index (χ2n) is 7.17. The topological polar surface area (TPSA) is 88.3 Å². The van der Waals surface area contributed by atoms with Crippen LogP contribution in [0.3, 0.4) is 0 Å². The zero-order valence-corrected chi connectivity index (χ0v) is 17.2. The molecule has 1 aliphatic rings. The number of anilines is 1. The summed E-state index contributed by atoms with van der Waals surface area (Å²) in [4.78, 5) is 27.8. The number of carbonyl (C=O) groups is 2. The summed E-state index contributed by atoms with van der Waals surface area (Å²) in [5.41, 5.74) is 3.00. The molecule has 3 heterocycles. The SMILES string of the molecule is O=C(Nc1nnc(-c2ccccc2)s1)C1Cc2ccccc2CN1C(=O)c1ccco1. The maximum Gasteiger partial charge on any atom is 0.290 e. The Morgan fingerprint density at radius 3 is 2.52 bits per heavy atom. The van der Waals surface area contributed by atoms with Gasteiger partial charge in [0.2, 0.25) is 11.0 Å². The first-order valence-corrected chi connectivity index (χ1v) is 10.6. The number of furan rings is 1. The van der Waals surface area contributed by atoms with Crippen molar-refractivity contribution in [3.05, 3.63) is 89.9 Å². The molecule has 0 fully saturated rings. The minimum atomic E-state index is -0.684. The van der Waals surface area contributed by atoms with E-state index in [9.17, 15) is 9.59 Å². The summed E-state index contributed by atoms with van der Waals surface area (Å²) in [5, 5.41) is 12.2. The molecule has 0 bridgehead atoms. The first-order valence-electron chi connectivity index (χ1n) is 9.80. The molecule has 0 saturated carbocycles.